The van der Waals surface area contributed by atoms with E-state index in [1.807, 2.05) is 6.92 Å². The summed E-state index contributed by atoms with van der Waals surface area (Å²) in [6.07, 6.45) is 4.38. The summed E-state index contributed by atoms with van der Waals surface area (Å²) < 4.78 is 15.3. The maximum atomic E-state index is 5.47. The molecule has 0 bridgehead atoms. The number of hydrogen-bond donors (Lipinski definition) is 1. The van der Waals surface area contributed by atoms with Crippen LogP contribution in [0.25, 0.3) is 0 Å². The minimum Gasteiger partial charge on any atom is -0.381 e. The number of aryl methyl sites for hydroxylation is 1. The molecule has 1 aliphatic carbocycles. The van der Waals surface area contributed by atoms with Gasteiger partial charge in [0, 0.05) is 30.7 Å². The summed E-state index contributed by atoms with van der Waals surface area (Å²) in [4.78, 5) is 9.03. The SMILES string of the molecule is Cc1noc(C(Nc2nc(C3CC3)ns2)C2CCOCC2)n1. The molecule has 22 heavy (non-hydrogen) atoms. The third kappa shape index (κ3) is 2.98. The first-order valence-electron chi connectivity index (χ1n) is 7.77. The summed E-state index contributed by atoms with van der Waals surface area (Å²) in [6, 6.07) is -0.0231. The van der Waals surface area contributed by atoms with Crippen LogP contribution in [0.1, 0.15) is 55.2 Å². The molecule has 1 saturated heterocycles. The molecule has 8 heteroatoms. The van der Waals surface area contributed by atoms with E-state index in [1.54, 1.807) is 0 Å². The van der Waals surface area contributed by atoms with E-state index < -0.39 is 0 Å². The van der Waals surface area contributed by atoms with Crippen molar-refractivity contribution in [3.8, 4) is 0 Å². The third-order valence-corrected chi connectivity index (χ3v) is 4.87. The summed E-state index contributed by atoms with van der Waals surface area (Å²) in [5.74, 6) is 3.23. The van der Waals surface area contributed by atoms with Gasteiger partial charge in [-0.1, -0.05) is 5.16 Å². The Balaban J connectivity index is 1.55. The highest BCUT2D eigenvalue weighted by atomic mass is 32.1. The van der Waals surface area contributed by atoms with E-state index >= 15 is 0 Å². The van der Waals surface area contributed by atoms with Crippen LogP contribution in [0, 0.1) is 12.8 Å². The lowest BCUT2D eigenvalue weighted by Gasteiger charge is -2.28. The molecule has 2 aliphatic rings. The molecule has 2 fully saturated rings. The molecule has 0 spiro atoms. The topological polar surface area (TPSA) is 86.0 Å². The molecular formula is C14H19N5O2S. The van der Waals surface area contributed by atoms with Gasteiger partial charge in [-0.25, -0.2) is 4.98 Å². The largest absolute Gasteiger partial charge is 0.381 e. The van der Waals surface area contributed by atoms with Gasteiger partial charge in [-0.05, 0) is 38.5 Å². The summed E-state index contributed by atoms with van der Waals surface area (Å²) >= 11 is 1.42. The minimum absolute atomic E-state index is 0.0231. The van der Waals surface area contributed by atoms with E-state index in [0.717, 1.165) is 37.0 Å². The van der Waals surface area contributed by atoms with Crippen LogP contribution in [-0.2, 0) is 4.74 Å². The number of nitrogens with one attached hydrogen (secondary N) is 1. The van der Waals surface area contributed by atoms with Crippen LogP contribution in [0.15, 0.2) is 4.52 Å². The molecule has 2 aromatic rings. The quantitative estimate of drug-likeness (QED) is 0.906. The van der Waals surface area contributed by atoms with Crippen molar-refractivity contribution in [2.24, 2.45) is 5.92 Å². The van der Waals surface area contributed by atoms with Gasteiger partial charge in [-0.2, -0.15) is 9.36 Å². The lowest BCUT2D eigenvalue weighted by atomic mass is 9.91. The van der Waals surface area contributed by atoms with Crippen LogP contribution in [0.4, 0.5) is 5.13 Å². The number of hydrogen-bond acceptors (Lipinski definition) is 8. The lowest BCUT2D eigenvalue weighted by molar-refractivity contribution is 0.0571. The highest BCUT2D eigenvalue weighted by Gasteiger charge is 2.32. The number of aromatic nitrogens is 4. The lowest BCUT2D eigenvalue weighted by Crippen LogP contribution is -2.27. The fourth-order valence-electron chi connectivity index (χ4n) is 2.80. The van der Waals surface area contributed by atoms with E-state index in [9.17, 15) is 0 Å². The fraction of sp³-hybridized carbons (Fsp3) is 0.714. The second-order valence-corrected chi connectivity index (χ2v) is 6.74. The molecule has 0 radical (unpaired) electrons. The van der Waals surface area contributed by atoms with Gasteiger partial charge in [0.15, 0.2) is 5.82 Å². The number of ether oxygens (including phenoxy) is 1. The van der Waals surface area contributed by atoms with Crippen molar-refractivity contribution in [1.29, 1.82) is 0 Å². The predicted octanol–water partition coefficient (Wildman–Crippen LogP) is 2.69. The molecule has 1 N–H and O–H groups in total. The van der Waals surface area contributed by atoms with Crippen molar-refractivity contribution in [2.45, 2.75) is 44.6 Å². The van der Waals surface area contributed by atoms with Crippen molar-refractivity contribution in [1.82, 2.24) is 19.5 Å². The molecule has 1 atom stereocenters. The first-order chi connectivity index (χ1) is 10.8. The second kappa shape index (κ2) is 5.92. The Labute approximate surface area is 132 Å². The van der Waals surface area contributed by atoms with Crippen molar-refractivity contribution in [3.63, 3.8) is 0 Å². The highest BCUT2D eigenvalue weighted by Crippen LogP contribution is 2.40. The van der Waals surface area contributed by atoms with E-state index in [0.29, 0.717) is 23.6 Å². The molecule has 4 rings (SSSR count). The molecule has 0 aromatic carbocycles. The first kappa shape index (κ1) is 14.1. The Morgan fingerprint density at radius 2 is 2.00 bits per heavy atom. The Kier molecular flexibility index (Phi) is 3.79. The normalized spacial score (nSPS) is 21.0. The van der Waals surface area contributed by atoms with Gasteiger partial charge in [0.05, 0.1) is 0 Å². The summed E-state index contributed by atoms with van der Waals surface area (Å²) in [5, 5.41) is 8.24. The molecule has 118 valence electrons. The fourth-order valence-corrected chi connectivity index (χ4v) is 3.49. The van der Waals surface area contributed by atoms with Gasteiger partial charge < -0.3 is 14.6 Å². The van der Waals surface area contributed by atoms with Gasteiger partial charge in [0.2, 0.25) is 11.0 Å². The van der Waals surface area contributed by atoms with E-state index in [4.69, 9.17) is 9.26 Å². The molecule has 1 aliphatic heterocycles. The Hall–Kier alpha value is -1.54. The molecule has 7 nitrogen and oxygen atoms in total. The standard InChI is InChI=1S/C14H19N5O2S/c1-8-15-13(21-18-8)11(9-4-6-20-7-5-9)16-14-17-12(19-22-14)10-2-3-10/h9-11H,2-7H2,1H3,(H,16,17,19). The van der Waals surface area contributed by atoms with Gasteiger partial charge >= 0.3 is 0 Å². The van der Waals surface area contributed by atoms with Crippen molar-refractivity contribution < 1.29 is 9.26 Å². The molecular weight excluding hydrogens is 302 g/mol. The average molecular weight is 321 g/mol. The zero-order valence-corrected chi connectivity index (χ0v) is 13.3. The zero-order valence-electron chi connectivity index (χ0n) is 12.5. The number of nitrogens with zero attached hydrogens (tertiary/aromatic N) is 4. The first-order valence-corrected chi connectivity index (χ1v) is 8.55. The Morgan fingerprint density at radius 1 is 1.18 bits per heavy atom. The third-order valence-electron chi connectivity index (χ3n) is 4.21. The highest BCUT2D eigenvalue weighted by molar-refractivity contribution is 7.09. The second-order valence-electron chi connectivity index (χ2n) is 5.98. The summed E-state index contributed by atoms with van der Waals surface area (Å²) in [7, 11) is 0. The maximum absolute atomic E-state index is 5.47. The van der Waals surface area contributed by atoms with Gasteiger partial charge in [-0.15, -0.1) is 0 Å². The molecule has 0 amide bonds. The van der Waals surface area contributed by atoms with Crippen LogP contribution in [0.3, 0.4) is 0 Å². The molecule has 3 heterocycles. The predicted molar refractivity (Wildman–Crippen MR) is 80.8 cm³/mol. The van der Waals surface area contributed by atoms with E-state index in [1.165, 1.54) is 24.4 Å². The van der Waals surface area contributed by atoms with E-state index in [-0.39, 0.29) is 6.04 Å². The van der Waals surface area contributed by atoms with Crippen molar-refractivity contribution in [3.05, 3.63) is 17.5 Å². The number of anilines is 1. The van der Waals surface area contributed by atoms with E-state index in [2.05, 4.69) is 24.8 Å². The van der Waals surface area contributed by atoms with Crippen LogP contribution in [0.2, 0.25) is 0 Å². The van der Waals surface area contributed by atoms with Gasteiger partial charge in [0.25, 0.3) is 0 Å². The Morgan fingerprint density at radius 3 is 2.68 bits per heavy atom. The minimum atomic E-state index is -0.0231. The van der Waals surface area contributed by atoms with Crippen LogP contribution in [0.5, 0.6) is 0 Å². The summed E-state index contributed by atoms with van der Waals surface area (Å²) in [6.45, 7) is 3.39. The van der Waals surface area contributed by atoms with Gasteiger partial charge in [0.1, 0.15) is 11.9 Å². The Bertz CT molecular complexity index is 633. The maximum Gasteiger partial charge on any atom is 0.249 e. The number of rotatable bonds is 5. The van der Waals surface area contributed by atoms with Crippen molar-refractivity contribution >= 4 is 16.7 Å². The van der Waals surface area contributed by atoms with Gasteiger partial charge in [-0.3, -0.25) is 0 Å². The smallest absolute Gasteiger partial charge is 0.249 e. The zero-order chi connectivity index (χ0) is 14.9. The van der Waals surface area contributed by atoms with Crippen LogP contribution >= 0.6 is 11.5 Å². The molecule has 2 aromatic heterocycles. The van der Waals surface area contributed by atoms with Crippen LogP contribution in [-0.4, -0.2) is 32.7 Å². The summed E-state index contributed by atoms with van der Waals surface area (Å²) in [5.41, 5.74) is 0. The molecule has 1 saturated carbocycles. The molecule has 1 unspecified atom stereocenters. The average Bonchev–Trinajstić information content (AvgIpc) is 3.14. The van der Waals surface area contributed by atoms with Crippen LogP contribution < -0.4 is 5.32 Å². The monoisotopic (exact) mass is 321 g/mol. The van der Waals surface area contributed by atoms with Crippen molar-refractivity contribution in [2.75, 3.05) is 18.5 Å².